The number of methoxy groups -OCH3 is 1. The van der Waals surface area contributed by atoms with E-state index >= 15 is 0 Å². The Morgan fingerprint density at radius 3 is 1.65 bits per heavy atom. The van der Waals surface area contributed by atoms with Gasteiger partial charge in [0, 0.05) is 59.0 Å². The third-order valence-electron chi connectivity index (χ3n) is 12.0. The maximum atomic E-state index is 13.9. The highest BCUT2D eigenvalue weighted by atomic mass is 32.1. The van der Waals surface area contributed by atoms with Crippen LogP contribution in [0.15, 0.2) is 115 Å². The number of para-hydroxylation sites is 4. The number of benzene rings is 5. The summed E-state index contributed by atoms with van der Waals surface area (Å²) in [7, 11) is 9.66. The van der Waals surface area contributed by atoms with Crippen LogP contribution in [0.3, 0.4) is 0 Å². The third-order valence-corrected chi connectivity index (χ3v) is 12.8. The maximum Gasteiger partial charge on any atom is 0.310 e. The minimum absolute atomic E-state index is 0.107. The third kappa shape index (κ3) is 10.5. The molecular formula is C53H60N4O8S. The number of carbonyl (C=O) groups excluding carboxylic acids is 1. The second-order valence-corrected chi connectivity index (χ2v) is 19.0. The summed E-state index contributed by atoms with van der Waals surface area (Å²) in [4.78, 5) is 34.7. The Hall–Kier alpha value is -6.41. The van der Waals surface area contributed by atoms with Crippen molar-refractivity contribution < 1.29 is 38.4 Å². The van der Waals surface area contributed by atoms with Gasteiger partial charge in [-0.3, -0.25) is 9.59 Å². The van der Waals surface area contributed by atoms with Crippen LogP contribution >= 0.6 is 11.3 Å². The van der Waals surface area contributed by atoms with E-state index in [1.54, 1.807) is 21.0 Å². The Kier molecular flexibility index (Phi) is 14.7. The van der Waals surface area contributed by atoms with Crippen LogP contribution in [0.1, 0.15) is 73.0 Å². The van der Waals surface area contributed by atoms with Crippen LogP contribution in [0.5, 0.6) is 40.2 Å². The summed E-state index contributed by atoms with van der Waals surface area (Å²) in [5.74, 6) is 3.33. The van der Waals surface area contributed by atoms with E-state index < -0.39 is 16.8 Å². The maximum absolute atomic E-state index is 13.9. The molecule has 13 heteroatoms. The number of hydrogen-bond acceptors (Lipinski definition) is 11. The summed E-state index contributed by atoms with van der Waals surface area (Å²) >= 11 is 1.44. The molecule has 0 radical (unpaired) electrons. The first-order chi connectivity index (χ1) is 31.6. The Morgan fingerprint density at radius 1 is 0.682 bits per heavy atom. The highest BCUT2D eigenvalue weighted by Crippen LogP contribution is 2.56. The number of carboxylic acid groups (broad SMARTS) is 1. The summed E-state index contributed by atoms with van der Waals surface area (Å²) in [6.07, 6.45) is 0.678. The molecule has 5 aromatic carbocycles. The summed E-state index contributed by atoms with van der Waals surface area (Å²) < 4.78 is 29.8. The number of nitrogens with zero attached hydrogens (tertiary/aromatic N) is 3. The van der Waals surface area contributed by atoms with Gasteiger partial charge in [0.15, 0.2) is 28.1 Å². The van der Waals surface area contributed by atoms with Crippen LogP contribution in [0.25, 0.3) is 0 Å². The molecule has 2 atom stereocenters. The van der Waals surface area contributed by atoms with Gasteiger partial charge in [0.25, 0.3) is 0 Å². The number of aromatic nitrogens is 1. The van der Waals surface area contributed by atoms with Crippen LogP contribution in [0.4, 0.5) is 5.13 Å². The largest absolute Gasteiger partial charge is 0.497 e. The lowest BCUT2D eigenvalue weighted by molar-refractivity contribution is -0.147. The average molecular weight is 913 g/mol. The highest BCUT2D eigenvalue weighted by molar-refractivity contribution is 7.13. The number of likely N-dealkylation sites (N-methyl/N-ethyl adjacent to an activating group) is 2. The SMILES string of the molecule is CN(C)CCOc1cccc2c1Oc1ccccc1C2C(C)(C)C(=O)O.COc1ccc(Cc2csc(NC(=O)C(C)(C)C3c4ccccc4Oc4c(OCCN(C)C)cccc43)n2)cc1. The van der Waals surface area contributed by atoms with Crippen molar-refractivity contribution in [1.29, 1.82) is 0 Å². The van der Waals surface area contributed by atoms with Crippen LogP contribution in [0, 0.1) is 10.8 Å². The highest BCUT2D eigenvalue weighted by Gasteiger charge is 2.46. The molecule has 0 aliphatic carbocycles. The number of amides is 1. The van der Waals surface area contributed by atoms with Gasteiger partial charge in [0.05, 0.1) is 23.6 Å². The van der Waals surface area contributed by atoms with Crippen molar-refractivity contribution in [2.24, 2.45) is 10.8 Å². The number of carboxylic acids is 1. The monoisotopic (exact) mass is 912 g/mol. The van der Waals surface area contributed by atoms with Gasteiger partial charge < -0.3 is 43.9 Å². The standard InChI is InChI=1S/C32H35N3O4S.C21H25NO4/c1-32(2,30(36)34-31-33-22(20-40-31)19-21-13-15-23(37-5)16-14-21)28-24-9-6-7-11-26(24)39-29-25(28)10-8-12-27(29)38-18-17-35(3)4;1-21(2,20(23)24)18-14-8-5-6-10-16(14)26-19-15(18)9-7-11-17(19)25-13-12-22(3)4/h6-16,20,28H,17-19H2,1-5H3,(H,33,34,36);5-11,18H,12-13H2,1-4H3,(H,23,24). The summed E-state index contributed by atoms with van der Waals surface area (Å²) in [6, 6.07) is 35.1. The number of aliphatic carboxylic acids is 1. The van der Waals surface area contributed by atoms with E-state index in [-0.39, 0.29) is 17.7 Å². The van der Waals surface area contributed by atoms with E-state index in [1.807, 2.05) is 162 Å². The van der Waals surface area contributed by atoms with Crippen LogP contribution in [-0.4, -0.2) is 93.4 Å². The summed E-state index contributed by atoms with van der Waals surface area (Å²) in [5.41, 5.74) is 3.86. The predicted octanol–water partition coefficient (Wildman–Crippen LogP) is 10.6. The van der Waals surface area contributed by atoms with Crippen LogP contribution in [-0.2, 0) is 16.0 Å². The zero-order valence-electron chi connectivity index (χ0n) is 39.2. The number of anilines is 1. The number of fused-ring (bicyclic) bond motifs is 4. The molecule has 2 unspecified atom stereocenters. The van der Waals surface area contributed by atoms with Gasteiger partial charge in [-0.05, 0) is 84.0 Å². The number of nitrogens with one attached hydrogen (secondary N) is 1. The predicted molar refractivity (Wildman–Crippen MR) is 259 cm³/mol. The molecule has 3 heterocycles. The molecule has 1 amide bonds. The molecule has 6 aromatic rings. The molecule has 0 fully saturated rings. The van der Waals surface area contributed by atoms with Crippen LogP contribution < -0.4 is 29.0 Å². The van der Waals surface area contributed by atoms with E-state index in [0.29, 0.717) is 53.5 Å². The lowest BCUT2D eigenvalue weighted by Crippen LogP contribution is -2.38. The van der Waals surface area contributed by atoms with Gasteiger partial charge in [0.1, 0.15) is 30.5 Å². The van der Waals surface area contributed by atoms with Gasteiger partial charge in [-0.2, -0.15) is 0 Å². The van der Waals surface area contributed by atoms with Gasteiger partial charge >= 0.3 is 5.97 Å². The van der Waals surface area contributed by atoms with Crippen molar-refractivity contribution in [1.82, 2.24) is 14.8 Å². The topological polar surface area (TPSA) is 132 Å². The Bertz CT molecular complexity index is 2640. The minimum Gasteiger partial charge on any atom is -0.497 e. The van der Waals surface area contributed by atoms with Gasteiger partial charge in [-0.25, -0.2) is 4.98 Å². The first-order valence-corrected chi connectivity index (χ1v) is 22.9. The van der Waals surface area contributed by atoms with E-state index in [0.717, 1.165) is 58.1 Å². The van der Waals surface area contributed by atoms with E-state index in [1.165, 1.54) is 11.3 Å². The molecule has 0 spiro atoms. The van der Waals surface area contributed by atoms with Gasteiger partial charge in [-0.15, -0.1) is 11.3 Å². The summed E-state index contributed by atoms with van der Waals surface area (Å²) in [6.45, 7) is 10.1. The van der Waals surface area contributed by atoms with Crippen molar-refractivity contribution in [2.75, 3.05) is 66.9 Å². The minimum atomic E-state index is -0.989. The normalized spacial score (nSPS) is 14.8. The second-order valence-electron chi connectivity index (χ2n) is 18.2. The Balaban J connectivity index is 0.000000215. The molecule has 346 valence electrons. The molecule has 0 saturated carbocycles. The number of rotatable bonds is 16. The molecule has 2 aliphatic rings. The molecule has 0 saturated heterocycles. The fourth-order valence-corrected chi connectivity index (χ4v) is 8.99. The first-order valence-electron chi connectivity index (χ1n) is 22.0. The number of ether oxygens (including phenoxy) is 5. The molecule has 66 heavy (non-hydrogen) atoms. The number of carbonyl (C=O) groups is 2. The van der Waals surface area contributed by atoms with Crippen LogP contribution in [0.2, 0.25) is 0 Å². The van der Waals surface area contributed by atoms with E-state index in [9.17, 15) is 14.7 Å². The fraction of sp³-hybridized carbons (Fsp3) is 0.340. The first kappa shape index (κ1) is 47.5. The zero-order valence-corrected chi connectivity index (χ0v) is 40.0. The number of hydrogen-bond donors (Lipinski definition) is 2. The second kappa shape index (κ2) is 20.4. The van der Waals surface area contributed by atoms with Crippen molar-refractivity contribution in [3.05, 3.63) is 148 Å². The van der Waals surface area contributed by atoms with E-state index in [4.69, 9.17) is 28.7 Å². The average Bonchev–Trinajstić information content (AvgIpc) is 3.73. The Morgan fingerprint density at radius 2 is 1.17 bits per heavy atom. The van der Waals surface area contributed by atoms with Crippen molar-refractivity contribution in [3.63, 3.8) is 0 Å². The van der Waals surface area contributed by atoms with Crippen molar-refractivity contribution >= 4 is 28.3 Å². The molecule has 12 nitrogen and oxygen atoms in total. The molecule has 2 aliphatic heterocycles. The smallest absolute Gasteiger partial charge is 0.310 e. The zero-order chi connectivity index (χ0) is 47.2. The van der Waals surface area contributed by atoms with Crippen molar-refractivity contribution in [2.45, 2.75) is 46.0 Å². The Labute approximate surface area is 392 Å². The lowest BCUT2D eigenvalue weighted by Gasteiger charge is -2.38. The quantitative estimate of drug-likeness (QED) is 0.0962. The molecule has 8 rings (SSSR count). The molecular weight excluding hydrogens is 853 g/mol. The lowest BCUT2D eigenvalue weighted by atomic mass is 9.69. The summed E-state index contributed by atoms with van der Waals surface area (Å²) in [5, 5.41) is 15.5. The molecule has 0 bridgehead atoms. The number of thiazole rings is 1. The van der Waals surface area contributed by atoms with Crippen molar-refractivity contribution in [3.8, 4) is 40.2 Å². The fourth-order valence-electron chi connectivity index (χ4n) is 8.29. The van der Waals surface area contributed by atoms with Gasteiger partial charge in [-0.1, -0.05) is 86.6 Å². The molecule has 1 aromatic heterocycles. The van der Waals surface area contributed by atoms with E-state index in [2.05, 4.69) is 10.2 Å². The molecule has 2 N–H and O–H groups in total. The van der Waals surface area contributed by atoms with Gasteiger partial charge in [0.2, 0.25) is 5.91 Å².